The van der Waals surface area contributed by atoms with Gasteiger partial charge in [0.05, 0.1) is 28.3 Å². The summed E-state index contributed by atoms with van der Waals surface area (Å²) in [7, 11) is 0. The van der Waals surface area contributed by atoms with E-state index in [4.69, 9.17) is 0 Å². The van der Waals surface area contributed by atoms with E-state index in [1.807, 2.05) is 24.3 Å². The lowest BCUT2D eigenvalue weighted by atomic mass is 9.94. The Bertz CT molecular complexity index is 1260. The van der Waals surface area contributed by atoms with Gasteiger partial charge >= 0.3 is 0 Å². The van der Waals surface area contributed by atoms with Gasteiger partial charge < -0.3 is 0 Å². The fourth-order valence-electron chi connectivity index (χ4n) is 5.08. The van der Waals surface area contributed by atoms with E-state index in [2.05, 4.69) is 0 Å². The van der Waals surface area contributed by atoms with Crippen LogP contribution in [0.5, 0.6) is 0 Å². The molecule has 32 heavy (non-hydrogen) atoms. The molecule has 4 aliphatic rings. The molecule has 7 rings (SSSR count). The van der Waals surface area contributed by atoms with Crippen LogP contribution in [0.15, 0.2) is 72.8 Å². The van der Waals surface area contributed by atoms with Crippen molar-refractivity contribution in [2.75, 3.05) is 6.54 Å². The van der Waals surface area contributed by atoms with Gasteiger partial charge in [-0.2, -0.15) is 0 Å². The standard InChI is InChI=1S/C26H18N2O4/c29-23-18-5-1-2-6-19(18)24(30)27(23)14-17-13-22(16-11-9-15(17)10-12-16)28-25(31)20-7-3-4-8-21(20)26(28)32/h1-12,17,22H,13-14H2. The van der Waals surface area contributed by atoms with Crippen LogP contribution in [0.3, 0.4) is 0 Å². The SMILES string of the molecule is O=C1c2ccccc2C(=O)N1CC1CC(N2C(=O)c3ccccc3C2=O)c2ccc1cc2. The average Bonchev–Trinajstić information content (AvgIpc) is 3.06. The topological polar surface area (TPSA) is 74.8 Å². The highest BCUT2D eigenvalue weighted by Crippen LogP contribution is 2.41. The zero-order valence-electron chi connectivity index (χ0n) is 17.0. The second-order valence-corrected chi connectivity index (χ2v) is 8.41. The Kier molecular flexibility index (Phi) is 3.92. The highest BCUT2D eigenvalue weighted by Gasteiger charge is 2.43. The smallest absolute Gasteiger partial charge is 0.262 e. The van der Waals surface area contributed by atoms with E-state index in [0.717, 1.165) is 11.1 Å². The summed E-state index contributed by atoms with van der Waals surface area (Å²) >= 11 is 0. The van der Waals surface area contributed by atoms with Crippen molar-refractivity contribution in [1.29, 1.82) is 0 Å². The maximum Gasteiger partial charge on any atom is 0.262 e. The molecular formula is C26H18N2O4. The van der Waals surface area contributed by atoms with Crippen molar-refractivity contribution in [2.24, 2.45) is 0 Å². The van der Waals surface area contributed by atoms with E-state index in [0.29, 0.717) is 28.7 Å². The van der Waals surface area contributed by atoms with Crippen molar-refractivity contribution in [3.63, 3.8) is 0 Å². The summed E-state index contributed by atoms with van der Waals surface area (Å²) in [6.45, 7) is 0.198. The van der Waals surface area contributed by atoms with Gasteiger partial charge in [0.15, 0.2) is 0 Å². The average molecular weight is 422 g/mol. The largest absolute Gasteiger partial charge is 0.274 e. The summed E-state index contributed by atoms with van der Waals surface area (Å²) in [6, 6.07) is 21.0. The molecule has 6 nitrogen and oxygen atoms in total. The summed E-state index contributed by atoms with van der Waals surface area (Å²) in [6.07, 6.45) is 0.448. The Morgan fingerprint density at radius 1 is 0.594 bits per heavy atom. The van der Waals surface area contributed by atoms with E-state index < -0.39 is 6.04 Å². The number of imide groups is 2. The Morgan fingerprint density at radius 3 is 1.53 bits per heavy atom. The summed E-state index contributed by atoms with van der Waals surface area (Å²) in [5, 5.41) is 0. The zero-order valence-corrected chi connectivity index (χ0v) is 17.0. The molecule has 0 fully saturated rings. The van der Waals surface area contributed by atoms with Crippen LogP contribution in [0.4, 0.5) is 0 Å². The molecule has 6 heteroatoms. The van der Waals surface area contributed by atoms with Crippen LogP contribution in [0.25, 0.3) is 0 Å². The lowest BCUT2D eigenvalue weighted by molar-refractivity contribution is 0.0542. The second kappa shape index (κ2) is 6.72. The molecule has 0 N–H and O–H groups in total. The molecule has 2 atom stereocenters. The number of rotatable bonds is 3. The Balaban J connectivity index is 1.33. The summed E-state index contributed by atoms with van der Waals surface area (Å²) in [5.41, 5.74) is 3.50. The first-order chi connectivity index (χ1) is 15.5. The van der Waals surface area contributed by atoms with Gasteiger partial charge in [0.25, 0.3) is 23.6 Å². The number of fused-ring (bicyclic) bond motifs is 6. The number of amides is 4. The Morgan fingerprint density at radius 2 is 1.03 bits per heavy atom. The van der Waals surface area contributed by atoms with Crippen molar-refractivity contribution >= 4 is 23.6 Å². The predicted molar refractivity (Wildman–Crippen MR) is 115 cm³/mol. The van der Waals surface area contributed by atoms with Gasteiger partial charge in [-0.1, -0.05) is 48.5 Å². The van der Waals surface area contributed by atoms with Gasteiger partial charge in [0, 0.05) is 12.5 Å². The summed E-state index contributed by atoms with van der Waals surface area (Å²) < 4.78 is 0. The fraction of sp³-hybridized carbons (Fsp3) is 0.154. The van der Waals surface area contributed by atoms with Crippen LogP contribution in [-0.4, -0.2) is 40.0 Å². The first-order valence-electron chi connectivity index (χ1n) is 10.6. The van der Waals surface area contributed by atoms with Crippen molar-refractivity contribution < 1.29 is 19.2 Å². The number of hydrogen-bond acceptors (Lipinski definition) is 4. The molecule has 2 unspecified atom stereocenters. The molecule has 2 bridgehead atoms. The minimum atomic E-state index is -0.463. The third kappa shape index (κ3) is 2.52. The van der Waals surface area contributed by atoms with Crippen LogP contribution < -0.4 is 0 Å². The van der Waals surface area contributed by atoms with Gasteiger partial charge in [-0.3, -0.25) is 29.0 Å². The molecule has 2 aliphatic carbocycles. The molecule has 2 aliphatic heterocycles. The predicted octanol–water partition coefficient (Wildman–Crippen LogP) is 3.81. The fourth-order valence-corrected chi connectivity index (χ4v) is 5.08. The van der Waals surface area contributed by atoms with Crippen molar-refractivity contribution in [1.82, 2.24) is 9.80 Å². The van der Waals surface area contributed by atoms with Crippen LogP contribution in [-0.2, 0) is 0 Å². The van der Waals surface area contributed by atoms with Crippen molar-refractivity contribution in [3.05, 3.63) is 106 Å². The molecule has 3 aromatic rings. The van der Waals surface area contributed by atoms with E-state index in [-0.39, 0.29) is 36.1 Å². The first-order valence-corrected chi connectivity index (χ1v) is 10.6. The molecule has 4 amide bonds. The number of benzene rings is 3. The highest BCUT2D eigenvalue weighted by atomic mass is 16.2. The van der Waals surface area contributed by atoms with Gasteiger partial charge in [-0.15, -0.1) is 0 Å². The molecule has 0 aromatic heterocycles. The van der Waals surface area contributed by atoms with Gasteiger partial charge in [0.2, 0.25) is 0 Å². The number of carbonyl (C=O) groups excluding carboxylic acids is 4. The van der Waals surface area contributed by atoms with E-state index in [1.165, 1.54) is 9.80 Å². The second-order valence-electron chi connectivity index (χ2n) is 8.41. The van der Waals surface area contributed by atoms with Gasteiger partial charge in [-0.05, 0) is 41.8 Å². The number of hydrogen-bond donors (Lipinski definition) is 0. The molecular weight excluding hydrogens is 404 g/mol. The monoisotopic (exact) mass is 422 g/mol. The molecule has 0 spiro atoms. The van der Waals surface area contributed by atoms with Crippen LogP contribution >= 0.6 is 0 Å². The zero-order chi connectivity index (χ0) is 22.0. The van der Waals surface area contributed by atoms with E-state index >= 15 is 0 Å². The highest BCUT2D eigenvalue weighted by molar-refractivity contribution is 6.22. The number of carbonyl (C=O) groups is 4. The van der Waals surface area contributed by atoms with E-state index in [9.17, 15) is 19.2 Å². The molecule has 0 saturated carbocycles. The molecule has 0 saturated heterocycles. The lowest BCUT2D eigenvalue weighted by Gasteiger charge is -2.29. The maximum atomic E-state index is 13.1. The third-order valence-electron chi connectivity index (χ3n) is 6.72. The van der Waals surface area contributed by atoms with Gasteiger partial charge in [-0.25, -0.2) is 0 Å². The Hall–Kier alpha value is -4.06. The van der Waals surface area contributed by atoms with Crippen LogP contribution in [0, 0.1) is 0 Å². The molecule has 2 heterocycles. The summed E-state index contributed by atoms with van der Waals surface area (Å²) in [5.74, 6) is -1.41. The molecule has 3 aromatic carbocycles. The van der Waals surface area contributed by atoms with Gasteiger partial charge in [0.1, 0.15) is 0 Å². The van der Waals surface area contributed by atoms with Crippen LogP contribution in [0.1, 0.15) is 70.9 Å². The van der Waals surface area contributed by atoms with Crippen molar-refractivity contribution in [3.8, 4) is 0 Å². The quantitative estimate of drug-likeness (QED) is 0.602. The minimum absolute atomic E-state index is 0.195. The molecule has 0 radical (unpaired) electrons. The third-order valence-corrected chi connectivity index (χ3v) is 6.72. The molecule has 156 valence electrons. The first kappa shape index (κ1) is 18.7. The summed E-state index contributed by atoms with van der Waals surface area (Å²) in [4.78, 5) is 54.6. The lowest BCUT2D eigenvalue weighted by Crippen LogP contribution is -2.37. The van der Waals surface area contributed by atoms with Crippen LogP contribution in [0.2, 0.25) is 0 Å². The minimum Gasteiger partial charge on any atom is -0.274 e. The maximum absolute atomic E-state index is 13.1. The van der Waals surface area contributed by atoms with Crippen molar-refractivity contribution in [2.45, 2.75) is 18.4 Å². The Labute approximate surface area is 184 Å². The number of nitrogens with zero attached hydrogens (tertiary/aromatic N) is 2. The normalized spacial score (nSPS) is 21.2. The van der Waals surface area contributed by atoms with E-state index in [1.54, 1.807) is 48.5 Å².